The van der Waals surface area contributed by atoms with Crippen LogP contribution in [0.3, 0.4) is 0 Å². The normalized spacial score (nSPS) is 12.8. The molecule has 4 nitrogen and oxygen atoms in total. The van der Waals surface area contributed by atoms with Gasteiger partial charge < -0.3 is 15.5 Å². The lowest BCUT2D eigenvalue weighted by molar-refractivity contribution is -0.123. The first kappa shape index (κ1) is 47.4. The summed E-state index contributed by atoms with van der Waals surface area (Å²) in [4.78, 5) is 12.4. The van der Waals surface area contributed by atoms with Gasteiger partial charge in [0.2, 0.25) is 5.91 Å². The molecule has 0 aromatic heterocycles. The van der Waals surface area contributed by atoms with Crippen molar-refractivity contribution in [2.75, 3.05) is 6.61 Å². The molecule has 1 amide bonds. The van der Waals surface area contributed by atoms with Crippen LogP contribution >= 0.6 is 0 Å². The van der Waals surface area contributed by atoms with E-state index in [1.807, 2.05) is 0 Å². The number of carbonyl (C=O) groups is 1. The summed E-state index contributed by atoms with van der Waals surface area (Å²) in [7, 11) is 0. The number of rotatable bonds is 41. The molecule has 2 unspecified atom stereocenters. The number of amides is 1. The standard InChI is InChI=1S/C44H89NO3/c1-3-5-7-9-11-13-15-17-19-20-21-22-23-24-25-26-28-30-32-34-36-38-40-44(48)45-42(41-46)43(47)39-37-35-33-31-29-27-18-16-14-12-10-8-6-4-2/h42-43,46-47H,3-41H2,1-2H3,(H,45,48). The Kier molecular flexibility index (Phi) is 40.3. The molecule has 0 fully saturated rings. The molecule has 2 atom stereocenters. The van der Waals surface area contributed by atoms with Crippen molar-refractivity contribution in [1.82, 2.24) is 5.32 Å². The highest BCUT2D eigenvalue weighted by Gasteiger charge is 2.20. The predicted molar refractivity (Wildman–Crippen MR) is 212 cm³/mol. The Morgan fingerprint density at radius 2 is 0.667 bits per heavy atom. The van der Waals surface area contributed by atoms with Crippen LogP contribution in [0.15, 0.2) is 0 Å². The molecule has 0 saturated carbocycles. The fraction of sp³-hybridized carbons (Fsp3) is 0.977. The minimum atomic E-state index is -0.652. The van der Waals surface area contributed by atoms with Crippen molar-refractivity contribution in [1.29, 1.82) is 0 Å². The van der Waals surface area contributed by atoms with E-state index in [0.717, 1.165) is 25.7 Å². The molecule has 0 aromatic carbocycles. The van der Waals surface area contributed by atoms with Crippen molar-refractivity contribution >= 4 is 5.91 Å². The lowest BCUT2D eigenvalue weighted by atomic mass is 10.0. The Labute approximate surface area is 302 Å². The number of carbonyl (C=O) groups excluding carboxylic acids is 1. The molecule has 0 bridgehead atoms. The zero-order valence-corrected chi connectivity index (χ0v) is 33.0. The monoisotopic (exact) mass is 680 g/mol. The molecule has 0 aliphatic heterocycles. The van der Waals surface area contributed by atoms with Gasteiger partial charge in [0.05, 0.1) is 18.8 Å². The van der Waals surface area contributed by atoms with E-state index in [2.05, 4.69) is 19.2 Å². The van der Waals surface area contributed by atoms with Gasteiger partial charge in [0, 0.05) is 6.42 Å². The largest absolute Gasteiger partial charge is 0.394 e. The fourth-order valence-corrected chi connectivity index (χ4v) is 7.19. The van der Waals surface area contributed by atoms with Crippen molar-refractivity contribution in [3.63, 3.8) is 0 Å². The summed E-state index contributed by atoms with van der Waals surface area (Å²) < 4.78 is 0. The Bertz CT molecular complexity index is 612. The quantitative estimate of drug-likeness (QED) is 0.0563. The summed E-state index contributed by atoms with van der Waals surface area (Å²) >= 11 is 0. The van der Waals surface area contributed by atoms with Crippen LogP contribution in [0, 0.1) is 0 Å². The molecule has 0 aliphatic carbocycles. The second-order valence-electron chi connectivity index (χ2n) is 15.5. The zero-order chi connectivity index (χ0) is 35.0. The molecule has 288 valence electrons. The summed E-state index contributed by atoms with van der Waals surface area (Å²) in [6.45, 7) is 4.38. The maximum absolute atomic E-state index is 12.4. The third-order valence-electron chi connectivity index (χ3n) is 10.6. The molecule has 0 spiro atoms. The van der Waals surface area contributed by atoms with Crippen molar-refractivity contribution < 1.29 is 15.0 Å². The van der Waals surface area contributed by atoms with E-state index < -0.39 is 12.1 Å². The molecular weight excluding hydrogens is 590 g/mol. The van der Waals surface area contributed by atoms with Gasteiger partial charge >= 0.3 is 0 Å². The predicted octanol–water partition coefficient (Wildman–Crippen LogP) is 13.7. The smallest absolute Gasteiger partial charge is 0.220 e. The van der Waals surface area contributed by atoms with Gasteiger partial charge in [-0.2, -0.15) is 0 Å². The zero-order valence-electron chi connectivity index (χ0n) is 33.0. The SMILES string of the molecule is CCCCCCCCCCCCCCCCCCCCCCCCC(=O)NC(CO)C(O)CCCCCCCCCCCCCCCC. The van der Waals surface area contributed by atoms with Gasteiger partial charge in [-0.25, -0.2) is 0 Å². The van der Waals surface area contributed by atoms with Crippen LogP contribution in [0.5, 0.6) is 0 Å². The molecule has 4 heteroatoms. The Morgan fingerprint density at radius 1 is 0.417 bits per heavy atom. The summed E-state index contributed by atoms with van der Waals surface area (Å²) in [5, 5.41) is 23.2. The van der Waals surface area contributed by atoms with Crippen molar-refractivity contribution in [3.8, 4) is 0 Å². The summed E-state index contributed by atoms with van der Waals surface area (Å²) in [6, 6.07) is -0.529. The van der Waals surface area contributed by atoms with E-state index in [9.17, 15) is 15.0 Å². The first-order valence-corrected chi connectivity index (χ1v) is 22.2. The Balaban J connectivity index is 3.44. The molecule has 48 heavy (non-hydrogen) atoms. The lowest BCUT2D eigenvalue weighted by Gasteiger charge is -2.22. The van der Waals surface area contributed by atoms with Crippen LogP contribution in [-0.2, 0) is 4.79 Å². The second kappa shape index (κ2) is 40.8. The third kappa shape index (κ3) is 36.7. The van der Waals surface area contributed by atoms with Gasteiger partial charge in [-0.05, 0) is 12.8 Å². The van der Waals surface area contributed by atoms with Gasteiger partial charge in [-0.15, -0.1) is 0 Å². The van der Waals surface area contributed by atoms with Crippen LogP contribution in [0.2, 0.25) is 0 Å². The van der Waals surface area contributed by atoms with Gasteiger partial charge in [0.25, 0.3) is 0 Å². The number of hydrogen-bond donors (Lipinski definition) is 3. The van der Waals surface area contributed by atoms with Crippen molar-refractivity contribution in [2.24, 2.45) is 0 Å². The van der Waals surface area contributed by atoms with E-state index in [1.165, 1.54) is 205 Å². The van der Waals surface area contributed by atoms with E-state index in [4.69, 9.17) is 0 Å². The summed E-state index contributed by atoms with van der Waals surface area (Å²) in [5.74, 6) is -0.0257. The summed E-state index contributed by atoms with van der Waals surface area (Å²) in [5.41, 5.74) is 0. The molecule has 0 radical (unpaired) electrons. The van der Waals surface area contributed by atoms with Crippen LogP contribution in [0.25, 0.3) is 0 Å². The minimum Gasteiger partial charge on any atom is -0.394 e. The number of aliphatic hydroxyl groups excluding tert-OH is 2. The highest BCUT2D eigenvalue weighted by atomic mass is 16.3. The average molecular weight is 680 g/mol. The van der Waals surface area contributed by atoms with Gasteiger partial charge in [-0.3, -0.25) is 4.79 Å². The van der Waals surface area contributed by atoms with Crippen molar-refractivity contribution in [3.05, 3.63) is 0 Å². The van der Waals surface area contributed by atoms with Crippen LogP contribution in [0.4, 0.5) is 0 Å². The lowest BCUT2D eigenvalue weighted by Crippen LogP contribution is -2.45. The molecule has 0 aliphatic rings. The maximum Gasteiger partial charge on any atom is 0.220 e. The van der Waals surface area contributed by atoms with E-state index in [1.54, 1.807) is 0 Å². The van der Waals surface area contributed by atoms with E-state index >= 15 is 0 Å². The summed E-state index contributed by atoms with van der Waals surface area (Å²) in [6.07, 6.45) is 49.0. The highest BCUT2D eigenvalue weighted by Crippen LogP contribution is 2.17. The van der Waals surface area contributed by atoms with Crippen LogP contribution in [-0.4, -0.2) is 34.9 Å². The van der Waals surface area contributed by atoms with Gasteiger partial charge in [0.1, 0.15) is 0 Å². The molecule has 0 saturated heterocycles. The second-order valence-corrected chi connectivity index (χ2v) is 15.5. The first-order chi connectivity index (χ1) is 23.7. The third-order valence-corrected chi connectivity index (χ3v) is 10.6. The fourth-order valence-electron chi connectivity index (χ4n) is 7.19. The Morgan fingerprint density at radius 3 is 0.938 bits per heavy atom. The number of unbranched alkanes of at least 4 members (excludes halogenated alkanes) is 34. The average Bonchev–Trinajstić information content (AvgIpc) is 3.09. The van der Waals surface area contributed by atoms with Gasteiger partial charge in [0.15, 0.2) is 0 Å². The number of hydrogen-bond acceptors (Lipinski definition) is 3. The van der Waals surface area contributed by atoms with Crippen LogP contribution in [0.1, 0.15) is 258 Å². The van der Waals surface area contributed by atoms with Crippen molar-refractivity contribution in [2.45, 2.75) is 270 Å². The van der Waals surface area contributed by atoms with E-state index in [0.29, 0.717) is 12.8 Å². The molecule has 0 aromatic rings. The van der Waals surface area contributed by atoms with Gasteiger partial charge in [-0.1, -0.05) is 239 Å². The van der Waals surface area contributed by atoms with Crippen LogP contribution < -0.4 is 5.32 Å². The number of nitrogens with one attached hydrogen (secondary N) is 1. The minimum absolute atomic E-state index is 0.0257. The first-order valence-electron chi connectivity index (χ1n) is 22.2. The van der Waals surface area contributed by atoms with E-state index in [-0.39, 0.29) is 12.5 Å². The highest BCUT2D eigenvalue weighted by molar-refractivity contribution is 5.76. The molecule has 0 rings (SSSR count). The molecule has 3 N–H and O–H groups in total. The maximum atomic E-state index is 12.4. The number of aliphatic hydroxyl groups is 2. The molecular formula is C44H89NO3. The topological polar surface area (TPSA) is 69.6 Å². The molecule has 0 heterocycles. The Hall–Kier alpha value is -0.610.